The van der Waals surface area contributed by atoms with E-state index in [2.05, 4.69) is 41.4 Å². The molecule has 0 aliphatic carbocycles. The zero-order valence-electron chi connectivity index (χ0n) is 19.5. The zero-order valence-corrected chi connectivity index (χ0v) is 19.5. The first kappa shape index (κ1) is 23.0. The van der Waals surface area contributed by atoms with Gasteiger partial charge in [-0.2, -0.15) is 0 Å². The van der Waals surface area contributed by atoms with Crippen LogP contribution in [0.2, 0.25) is 0 Å². The number of fused-ring (bicyclic) bond motifs is 1. The third-order valence-electron chi connectivity index (χ3n) is 6.14. The number of carbonyl (C=O) groups is 2. The molecule has 0 bridgehead atoms. The number of rotatable bonds is 7. The Morgan fingerprint density at radius 3 is 2.48 bits per heavy atom. The molecule has 1 atom stereocenters. The first-order valence-electron chi connectivity index (χ1n) is 11.8. The Labute approximate surface area is 195 Å². The van der Waals surface area contributed by atoms with E-state index in [1.54, 1.807) is 0 Å². The van der Waals surface area contributed by atoms with Crippen LogP contribution in [0.25, 0.3) is 0 Å². The lowest BCUT2D eigenvalue weighted by atomic mass is 10.1. The van der Waals surface area contributed by atoms with Gasteiger partial charge in [0.2, 0.25) is 11.8 Å². The van der Waals surface area contributed by atoms with Crippen molar-refractivity contribution in [3.05, 3.63) is 53.6 Å². The second-order valence-corrected chi connectivity index (χ2v) is 8.71. The van der Waals surface area contributed by atoms with Crippen LogP contribution >= 0.6 is 0 Å². The van der Waals surface area contributed by atoms with E-state index >= 15 is 0 Å². The summed E-state index contributed by atoms with van der Waals surface area (Å²) in [5.74, 6) is 1.22. The summed E-state index contributed by atoms with van der Waals surface area (Å²) in [5, 5.41) is 2.98. The summed E-state index contributed by atoms with van der Waals surface area (Å²) in [4.78, 5) is 30.2. The highest BCUT2D eigenvalue weighted by Crippen LogP contribution is 2.30. The van der Waals surface area contributed by atoms with Crippen molar-refractivity contribution < 1.29 is 19.1 Å². The van der Waals surface area contributed by atoms with Gasteiger partial charge >= 0.3 is 0 Å². The minimum Gasteiger partial charge on any atom is -0.486 e. The largest absolute Gasteiger partial charge is 0.486 e. The molecule has 33 heavy (non-hydrogen) atoms. The minimum atomic E-state index is -0.495. The number of ether oxygens (including phenoxy) is 2. The number of nitrogens with zero attached hydrogens (tertiary/aromatic N) is 2. The fourth-order valence-electron chi connectivity index (χ4n) is 4.40. The normalized spacial score (nSPS) is 16.3. The van der Waals surface area contributed by atoms with E-state index in [4.69, 9.17) is 9.47 Å². The number of carbonyl (C=O) groups excluding carboxylic acids is 2. The summed E-state index contributed by atoms with van der Waals surface area (Å²) in [6.07, 6.45) is 1.65. The Morgan fingerprint density at radius 1 is 1.00 bits per heavy atom. The van der Waals surface area contributed by atoms with E-state index in [0.29, 0.717) is 44.2 Å². The topological polar surface area (TPSA) is 71.1 Å². The Hall–Kier alpha value is -3.22. The van der Waals surface area contributed by atoms with Gasteiger partial charge in [0.1, 0.15) is 19.3 Å². The quantitative estimate of drug-likeness (QED) is 0.701. The van der Waals surface area contributed by atoms with Crippen LogP contribution in [0.15, 0.2) is 42.5 Å². The van der Waals surface area contributed by atoms with Crippen molar-refractivity contribution in [2.75, 3.05) is 44.3 Å². The summed E-state index contributed by atoms with van der Waals surface area (Å²) in [6, 6.07) is 13.5. The van der Waals surface area contributed by atoms with Crippen molar-refractivity contribution in [3.63, 3.8) is 0 Å². The van der Waals surface area contributed by atoms with E-state index in [0.717, 1.165) is 25.1 Å². The minimum absolute atomic E-state index is 0.0104. The SMILES string of the molecule is CCCC(NC(=O)Cc1ccc2c(c1)OCCO2)C(=O)N1CCN(c2cccc(C)c2)CC1. The van der Waals surface area contributed by atoms with Gasteiger partial charge in [-0.3, -0.25) is 9.59 Å². The number of anilines is 1. The van der Waals surface area contributed by atoms with Crippen molar-refractivity contribution in [2.45, 2.75) is 39.2 Å². The fraction of sp³-hybridized carbons (Fsp3) is 0.462. The Kier molecular flexibility index (Phi) is 7.37. The van der Waals surface area contributed by atoms with Crippen molar-refractivity contribution in [1.82, 2.24) is 10.2 Å². The Bertz CT molecular complexity index is 985. The maximum Gasteiger partial charge on any atom is 0.245 e. The van der Waals surface area contributed by atoms with Crippen molar-refractivity contribution in [2.24, 2.45) is 0 Å². The summed E-state index contributed by atoms with van der Waals surface area (Å²) < 4.78 is 11.1. The number of aryl methyl sites for hydroxylation is 1. The fourth-order valence-corrected chi connectivity index (χ4v) is 4.40. The first-order valence-corrected chi connectivity index (χ1v) is 11.8. The van der Waals surface area contributed by atoms with Gasteiger partial charge in [-0.1, -0.05) is 31.5 Å². The number of benzene rings is 2. The third kappa shape index (κ3) is 5.78. The highest BCUT2D eigenvalue weighted by molar-refractivity contribution is 5.88. The molecule has 7 nitrogen and oxygen atoms in total. The van der Waals surface area contributed by atoms with Crippen LogP contribution in [0.5, 0.6) is 11.5 Å². The number of hydrogen-bond donors (Lipinski definition) is 1. The van der Waals surface area contributed by atoms with Crippen LogP contribution in [0.1, 0.15) is 30.9 Å². The van der Waals surface area contributed by atoms with E-state index in [1.165, 1.54) is 11.3 Å². The summed E-state index contributed by atoms with van der Waals surface area (Å²) >= 11 is 0. The molecule has 0 spiro atoms. The predicted octanol–water partition coefficient (Wildman–Crippen LogP) is 2.94. The van der Waals surface area contributed by atoms with Crippen molar-refractivity contribution in [3.8, 4) is 11.5 Å². The molecule has 2 aromatic carbocycles. The van der Waals surface area contributed by atoms with Crippen LogP contribution < -0.4 is 19.7 Å². The van der Waals surface area contributed by atoms with Gasteiger partial charge in [0.25, 0.3) is 0 Å². The second kappa shape index (κ2) is 10.6. The standard InChI is InChI=1S/C26H33N3O4/c1-3-5-22(27-25(30)18-20-8-9-23-24(17-20)33-15-14-32-23)26(31)29-12-10-28(11-13-29)21-7-4-6-19(2)16-21/h4,6-9,16-17,22H,3,5,10-15,18H2,1-2H3,(H,27,30). The van der Waals surface area contributed by atoms with Gasteiger partial charge in [0.05, 0.1) is 6.42 Å². The van der Waals surface area contributed by atoms with Gasteiger partial charge in [-0.15, -0.1) is 0 Å². The van der Waals surface area contributed by atoms with Gasteiger partial charge < -0.3 is 24.6 Å². The number of nitrogens with one attached hydrogen (secondary N) is 1. The molecule has 1 saturated heterocycles. The third-order valence-corrected chi connectivity index (χ3v) is 6.14. The molecule has 0 radical (unpaired) electrons. The number of piperazine rings is 1. The van der Waals surface area contributed by atoms with Crippen LogP contribution in [0.4, 0.5) is 5.69 Å². The van der Waals surface area contributed by atoms with E-state index in [9.17, 15) is 9.59 Å². The van der Waals surface area contributed by atoms with Crippen LogP contribution in [-0.2, 0) is 16.0 Å². The van der Waals surface area contributed by atoms with Crippen LogP contribution in [-0.4, -0.2) is 62.1 Å². The predicted molar refractivity (Wildman–Crippen MR) is 128 cm³/mol. The van der Waals surface area contributed by atoms with Gasteiger partial charge in [-0.05, 0) is 48.7 Å². The lowest BCUT2D eigenvalue weighted by Gasteiger charge is -2.37. The van der Waals surface area contributed by atoms with Gasteiger partial charge in [0.15, 0.2) is 11.5 Å². The van der Waals surface area contributed by atoms with Crippen LogP contribution in [0, 0.1) is 6.92 Å². The average molecular weight is 452 g/mol. The molecule has 176 valence electrons. The second-order valence-electron chi connectivity index (χ2n) is 8.71. The molecule has 1 fully saturated rings. The maximum absolute atomic E-state index is 13.2. The maximum atomic E-state index is 13.2. The molecule has 2 amide bonds. The molecule has 0 saturated carbocycles. The lowest BCUT2D eigenvalue weighted by molar-refractivity contribution is -0.136. The number of amides is 2. The molecule has 0 aromatic heterocycles. The molecule has 2 aliphatic heterocycles. The molecule has 2 aromatic rings. The number of hydrogen-bond acceptors (Lipinski definition) is 5. The molecule has 2 aliphatic rings. The summed E-state index contributed by atoms with van der Waals surface area (Å²) in [5.41, 5.74) is 3.26. The smallest absolute Gasteiger partial charge is 0.245 e. The van der Waals surface area contributed by atoms with Crippen molar-refractivity contribution >= 4 is 17.5 Å². The van der Waals surface area contributed by atoms with E-state index in [-0.39, 0.29) is 18.2 Å². The van der Waals surface area contributed by atoms with Gasteiger partial charge in [0, 0.05) is 31.9 Å². The molecule has 2 heterocycles. The molecular formula is C26H33N3O4. The zero-order chi connectivity index (χ0) is 23.2. The molecule has 4 rings (SSSR count). The average Bonchev–Trinajstić information content (AvgIpc) is 2.83. The van der Waals surface area contributed by atoms with Crippen molar-refractivity contribution in [1.29, 1.82) is 0 Å². The molecular weight excluding hydrogens is 418 g/mol. The summed E-state index contributed by atoms with van der Waals surface area (Å²) in [6.45, 7) is 8.06. The van der Waals surface area contributed by atoms with Gasteiger partial charge in [-0.25, -0.2) is 0 Å². The molecule has 1 N–H and O–H groups in total. The summed E-state index contributed by atoms with van der Waals surface area (Å²) in [7, 11) is 0. The molecule has 1 unspecified atom stereocenters. The Balaban J connectivity index is 1.33. The highest BCUT2D eigenvalue weighted by atomic mass is 16.6. The lowest BCUT2D eigenvalue weighted by Crippen LogP contribution is -2.55. The monoisotopic (exact) mass is 451 g/mol. The van der Waals surface area contributed by atoms with Crippen LogP contribution in [0.3, 0.4) is 0 Å². The van der Waals surface area contributed by atoms with E-state index in [1.807, 2.05) is 30.0 Å². The first-order chi connectivity index (χ1) is 16.0. The Morgan fingerprint density at radius 2 is 1.76 bits per heavy atom. The molecule has 7 heteroatoms. The highest BCUT2D eigenvalue weighted by Gasteiger charge is 2.28. The van der Waals surface area contributed by atoms with E-state index < -0.39 is 6.04 Å².